The standard InChI is InChI=1S/C14H14ClN3O2/c1-3-7-17(8-4-2)14(10-16)11-5-6-12(15)13(9-11)18(19)20/h3-6,9,14H,1-2,7-8H2. The third-order valence-corrected chi connectivity index (χ3v) is 3.02. The van der Waals surface area contributed by atoms with Crippen LogP contribution in [0.5, 0.6) is 0 Å². The molecule has 0 heterocycles. The van der Waals surface area contributed by atoms with E-state index in [-0.39, 0.29) is 10.7 Å². The third kappa shape index (κ3) is 3.67. The van der Waals surface area contributed by atoms with Crippen LogP contribution in [0.2, 0.25) is 5.02 Å². The van der Waals surface area contributed by atoms with Gasteiger partial charge >= 0.3 is 0 Å². The van der Waals surface area contributed by atoms with E-state index in [0.717, 1.165) is 0 Å². The molecular weight excluding hydrogens is 278 g/mol. The molecule has 0 aliphatic carbocycles. The van der Waals surface area contributed by atoms with Crippen LogP contribution >= 0.6 is 11.6 Å². The Labute approximate surface area is 122 Å². The molecule has 1 rings (SSSR count). The molecule has 0 fully saturated rings. The van der Waals surface area contributed by atoms with E-state index in [4.69, 9.17) is 11.6 Å². The lowest BCUT2D eigenvalue weighted by atomic mass is 10.1. The van der Waals surface area contributed by atoms with Gasteiger partial charge in [-0.05, 0) is 11.6 Å². The topological polar surface area (TPSA) is 70.2 Å². The number of hydrogen-bond acceptors (Lipinski definition) is 4. The van der Waals surface area contributed by atoms with E-state index in [0.29, 0.717) is 18.7 Å². The summed E-state index contributed by atoms with van der Waals surface area (Å²) in [6.07, 6.45) is 3.33. The van der Waals surface area contributed by atoms with Gasteiger partial charge in [0.05, 0.1) is 11.0 Å². The van der Waals surface area contributed by atoms with Gasteiger partial charge in [-0.15, -0.1) is 13.2 Å². The fourth-order valence-electron chi connectivity index (χ4n) is 1.82. The average Bonchev–Trinajstić information content (AvgIpc) is 2.41. The van der Waals surface area contributed by atoms with Crippen LogP contribution in [0.3, 0.4) is 0 Å². The van der Waals surface area contributed by atoms with E-state index in [1.165, 1.54) is 12.1 Å². The van der Waals surface area contributed by atoms with Crippen molar-refractivity contribution in [1.29, 1.82) is 5.26 Å². The lowest BCUT2D eigenvalue weighted by Gasteiger charge is -2.24. The molecule has 20 heavy (non-hydrogen) atoms. The summed E-state index contributed by atoms with van der Waals surface area (Å²) in [7, 11) is 0. The Bertz CT molecular complexity index is 556. The molecule has 0 saturated heterocycles. The molecular formula is C14H14ClN3O2. The second-order valence-electron chi connectivity index (χ2n) is 4.03. The fraction of sp³-hybridized carbons (Fsp3) is 0.214. The maximum absolute atomic E-state index is 10.9. The van der Waals surface area contributed by atoms with Gasteiger partial charge in [-0.2, -0.15) is 5.26 Å². The van der Waals surface area contributed by atoms with Gasteiger partial charge < -0.3 is 0 Å². The number of nitriles is 1. The Balaban J connectivity index is 3.20. The molecule has 0 aliphatic heterocycles. The zero-order chi connectivity index (χ0) is 15.1. The van der Waals surface area contributed by atoms with Crippen LogP contribution < -0.4 is 0 Å². The summed E-state index contributed by atoms with van der Waals surface area (Å²) >= 11 is 5.77. The second-order valence-corrected chi connectivity index (χ2v) is 4.44. The Morgan fingerprint density at radius 3 is 2.50 bits per heavy atom. The van der Waals surface area contributed by atoms with E-state index < -0.39 is 11.0 Å². The summed E-state index contributed by atoms with van der Waals surface area (Å²) in [5.74, 6) is 0. The van der Waals surface area contributed by atoms with Crippen molar-refractivity contribution in [2.75, 3.05) is 13.1 Å². The SMILES string of the molecule is C=CCN(CC=C)C(C#N)c1ccc(Cl)c([N+](=O)[O-])c1. The molecule has 5 nitrogen and oxygen atoms in total. The molecule has 6 heteroatoms. The quantitative estimate of drug-likeness (QED) is 0.438. The highest BCUT2D eigenvalue weighted by molar-refractivity contribution is 6.32. The van der Waals surface area contributed by atoms with Crippen LogP contribution in [0.25, 0.3) is 0 Å². The summed E-state index contributed by atoms with van der Waals surface area (Å²) in [5, 5.41) is 20.3. The molecule has 1 unspecified atom stereocenters. The van der Waals surface area contributed by atoms with E-state index in [1.807, 2.05) is 0 Å². The Kier molecular flexibility index (Phi) is 5.91. The maximum Gasteiger partial charge on any atom is 0.288 e. The largest absolute Gasteiger partial charge is 0.288 e. The van der Waals surface area contributed by atoms with Crippen molar-refractivity contribution in [3.8, 4) is 6.07 Å². The first-order valence-electron chi connectivity index (χ1n) is 5.84. The highest BCUT2D eigenvalue weighted by Gasteiger charge is 2.22. The van der Waals surface area contributed by atoms with E-state index >= 15 is 0 Å². The molecule has 1 aromatic carbocycles. The molecule has 0 spiro atoms. The first-order chi connectivity index (χ1) is 9.54. The molecule has 0 saturated carbocycles. The van der Waals surface area contributed by atoms with Gasteiger partial charge in [-0.3, -0.25) is 15.0 Å². The number of rotatable bonds is 7. The number of benzene rings is 1. The molecule has 1 atom stereocenters. The molecule has 0 N–H and O–H groups in total. The summed E-state index contributed by atoms with van der Waals surface area (Å²) in [5.41, 5.74) is 0.314. The molecule has 104 valence electrons. The zero-order valence-electron chi connectivity index (χ0n) is 10.8. The smallest absolute Gasteiger partial charge is 0.277 e. The van der Waals surface area contributed by atoms with Crippen molar-refractivity contribution in [2.45, 2.75) is 6.04 Å². The van der Waals surface area contributed by atoms with Crippen molar-refractivity contribution in [3.63, 3.8) is 0 Å². The van der Waals surface area contributed by atoms with Gasteiger partial charge in [0.1, 0.15) is 11.1 Å². The monoisotopic (exact) mass is 291 g/mol. The van der Waals surface area contributed by atoms with Gasteiger partial charge in [0.2, 0.25) is 0 Å². The maximum atomic E-state index is 10.9. The van der Waals surface area contributed by atoms with Gasteiger partial charge in [-0.25, -0.2) is 0 Å². The molecule has 0 aromatic heterocycles. The first kappa shape index (κ1) is 15.9. The number of nitro groups is 1. The van der Waals surface area contributed by atoms with Crippen molar-refractivity contribution in [2.24, 2.45) is 0 Å². The third-order valence-electron chi connectivity index (χ3n) is 2.70. The van der Waals surface area contributed by atoms with Crippen molar-refractivity contribution >= 4 is 17.3 Å². The van der Waals surface area contributed by atoms with Crippen LogP contribution in [0.4, 0.5) is 5.69 Å². The molecule has 0 bridgehead atoms. The highest BCUT2D eigenvalue weighted by Crippen LogP contribution is 2.29. The predicted molar refractivity (Wildman–Crippen MR) is 78.4 cm³/mol. The van der Waals surface area contributed by atoms with Crippen LogP contribution in [-0.4, -0.2) is 22.9 Å². The van der Waals surface area contributed by atoms with E-state index in [9.17, 15) is 15.4 Å². The first-order valence-corrected chi connectivity index (χ1v) is 6.22. The lowest BCUT2D eigenvalue weighted by Crippen LogP contribution is -2.28. The fourth-order valence-corrected chi connectivity index (χ4v) is 2.01. The summed E-state index contributed by atoms with van der Waals surface area (Å²) in [6, 6.07) is 5.89. The predicted octanol–water partition coefficient (Wildman–Crippen LogP) is 3.49. The minimum absolute atomic E-state index is 0.0504. The van der Waals surface area contributed by atoms with Gasteiger partial charge in [0.15, 0.2) is 0 Å². The van der Waals surface area contributed by atoms with Gasteiger partial charge in [-0.1, -0.05) is 29.8 Å². The number of nitro benzene ring substituents is 1. The lowest BCUT2D eigenvalue weighted by molar-refractivity contribution is -0.384. The Hall–Kier alpha value is -2.16. The van der Waals surface area contributed by atoms with Crippen molar-refractivity contribution in [3.05, 3.63) is 64.2 Å². The van der Waals surface area contributed by atoms with Crippen LogP contribution in [0, 0.1) is 21.4 Å². The highest BCUT2D eigenvalue weighted by atomic mass is 35.5. The number of nitrogens with zero attached hydrogens (tertiary/aromatic N) is 3. The minimum Gasteiger partial charge on any atom is -0.277 e. The van der Waals surface area contributed by atoms with Gasteiger partial charge in [0.25, 0.3) is 5.69 Å². The Morgan fingerprint density at radius 2 is 2.05 bits per heavy atom. The summed E-state index contributed by atoms with van der Waals surface area (Å²) in [4.78, 5) is 12.1. The van der Waals surface area contributed by atoms with Crippen molar-refractivity contribution in [1.82, 2.24) is 4.90 Å². The molecule has 0 aliphatic rings. The molecule has 1 aromatic rings. The summed E-state index contributed by atoms with van der Waals surface area (Å²) in [6.45, 7) is 8.22. The summed E-state index contributed by atoms with van der Waals surface area (Å²) < 4.78 is 0. The minimum atomic E-state index is -0.623. The number of halogens is 1. The van der Waals surface area contributed by atoms with Crippen LogP contribution in [0.15, 0.2) is 43.5 Å². The zero-order valence-corrected chi connectivity index (χ0v) is 11.6. The molecule has 0 amide bonds. The Morgan fingerprint density at radius 1 is 1.45 bits per heavy atom. The second kappa shape index (κ2) is 7.43. The normalized spacial score (nSPS) is 11.7. The van der Waals surface area contributed by atoms with Gasteiger partial charge in [0, 0.05) is 19.2 Å². The van der Waals surface area contributed by atoms with Crippen LogP contribution in [0.1, 0.15) is 11.6 Å². The number of hydrogen-bond donors (Lipinski definition) is 0. The molecule has 0 radical (unpaired) electrons. The average molecular weight is 292 g/mol. The van der Waals surface area contributed by atoms with Crippen LogP contribution in [-0.2, 0) is 0 Å². The van der Waals surface area contributed by atoms with E-state index in [2.05, 4.69) is 19.2 Å². The van der Waals surface area contributed by atoms with E-state index in [1.54, 1.807) is 23.1 Å². The van der Waals surface area contributed by atoms with Crippen molar-refractivity contribution < 1.29 is 4.92 Å².